The average molecular weight is 276 g/mol. The van der Waals surface area contributed by atoms with Gasteiger partial charge in [-0.3, -0.25) is 4.79 Å². The van der Waals surface area contributed by atoms with Crippen LogP contribution in [0, 0.1) is 5.92 Å². The van der Waals surface area contributed by atoms with E-state index in [1.807, 2.05) is 27.7 Å². The molecule has 18 heavy (non-hydrogen) atoms. The second-order valence-electron chi connectivity index (χ2n) is 6.87. The number of hydrogen-bond donors (Lipinski definition) is 0. The average Bonchev–Trinajstić information content (AvgIpc) is 2.30. The van der Waals surface area contributed by atoms with E-state index in [1.165, 1.54) is 13.8 Å². The van der Waals surface area contributed by atoms with Gasteiger partial charge in [0.25, 0.3) is 0 Å². The van der Waals surface area contributed by atoms with Crippen LogP contribution in [0.4, 0.5) is 0 Å². The van der Waals surface area contributed by atoms with E-state index in [0.717, 1.165) is 6.26 Å². The minimum atomic E-state index is -3.43. The fourth-order valence-electron chi connectivity index (χ4n) is 2.57. The standard InChI is InChI=1S/C13H24O4S/c1-11(2)8-9(12(3,4)17-11)10(14)13(5,6)18(7,15)16/h9H,8H2,1-7H3. The molecule has 5 heteroatoms. The van der Waals surface area contributed by atoms with E-state index >= 15 is 0 Å². The summed E-state index contributed by atoms with van der Waals surface area (Å²) in [6, 6.07) is 0. The first kappa shape index (κ1) is 15.6. The quantitative estimate of drug-likeness (QED) is 0.790. The molecular formula is C13H24O4S. The van der Waals surface area contributed by atoms with Gasteiger partial charge in [0, 0.05) is 6.26 Å². The topological polar surface area (TPSA) is 60.4 Å². The van der Waals surface area contributed by atoms with E-state index in [9.17, 15) is 13.2 Å². The van der Waals surface area contributed by atoms with Gasteiger partial charge in [0.15, 0.2) is 15.6 Å². The van der Waals surface area contributed by atoms with Crippen LogP contribution < -0.4 is 0 Å². The molecule has 0 amide bonds. The summed E-state index contributed by atoms with van der Waals surface area (Å²) in [5.41, 5.74) is -1.01. The van der Waals surface area contributed by atoms with Gasteiger partial charge in [-0.2, -0.15) is 0 Å². The normalized spacial score (nSPS) is 27.2. The second-order valence-corrected chi connectivity index (χ2v) is 9.43. The highest BCUT2D eigenvalue weighted by Crippen LogP contribution is 2.44. The van der Waals surface area contributed by atoms with Gasteiger partial charge in [-0.25, -0.2) is 8.42 Å². The molecule has 1 unspecified atom stereocenters. The third-order valence-electron chi connectivity index (χ3n) is 3.91. The molecule has 4 nitrogen and oxygen atoms in total. The zero-order chi connectivity index (χ0) is 14.6. The molecule has 1 fully saturated rings. The van der Waals surface area contributed by atoms with E-state index in [2.05, 4.69) is 0 Å². The molecular weight excluding hydrogens is 252 g/mol. The molecule has 0 spiro atoms. The highest BCUT2D eigenvalue weighted by atomic mass is 32.2. The van der Waals surface area contributed by atoms with Crippen LogP contribution in [0.1, 0.15) is 48.0 Å². The van der Waals surface area contributed by atoms with Crippen LogP contribution in [-0.4, -0.2) is 36.4 Å². The van der Waals surface area contributed by atoms with E-state index in [-0.39, 0.29) is 5.78 Å². The number of sulfone groups is 1. The molecule has 0 aromatic rings. The van der Waals surface area contributed by atoms with Gasteiger partial charge in [0.2, 0.25) is 0 Å². The van der Waals surface area contributed by atoms with Crippen LogP contribution in [0.15, 0.2) is 0 Å². The molecule has 1 aliphatic heterocycles. The predicted molar refractivity (Wildman–Crippen MR) is 71.3 cm³/mol. The summed E-state index contributed by atoms with van der Waals surface area (Å²) in [6.45, 7) is 10.5. The molecule has 1 aliphatic rings. The molecule has 106 valence electrons. The van der Waals surface area contributed by atoms with Crippen molar-refractivity contribution >= 4 is 15.6 Å². The third-order valence-corrected chi connectivity index (χ3v) is 5.97. The maximum Gasteiger partial charge on any atom is 0.159 e. The Bertz CT molecular complexity index is 457. The Morgan fingerprint density at radius 1 is 1.22 bits per heavy atom. The third kappa shape index (κ3) is 2.62. The Balaban J connectivity index is 3.14. The van der Waals surface area contributed by atoms with Gasteiger partial charge in [-0.05, 0) is 48.0 Å². The SMILES string of the molecule is CC1(C)CC(C(=O)C(C)(C)S(C)(=O)=O)C(C)(C)O1. The molecule has 0 bridgehead atoms. The van der Waals surface area contributed by atoms with E-state index < -0.39 is 31.7 Å². The van der Waals surface area contributed by atoms with Gasteiger partial charge in [-0.15, -0.1) is 0 Å². The molecule has 1 atom stereocenters. The molecule has 0 N–H and O–H groups in total. The van der Waals surface area contributed by atoms with Crippen molar-refractivity contribution in [2.45, 2.75) is 63.9 Å². The van der Waals surface area contributed by atoms with Gasteiger partial charge < -0.3 is 4.74 Å². The minimum absolute atomic E-state index is 0.249. The summed E-state index contributed by atoms with van der Waals surface area (Å²) in [6.07, 6.45) is 1.66. The lowest BCUT2D eigenvalue weighted by Crippen LogP contribution is -2.48. The van der Waals surface area contributed by atoms with Crippen LogP contribution in [-0.2, 0) is 19.4 Å². The first-order chi connectivity index (χ1) is 7.71. The number of carbonyl (C=O) groups is 1. The second kappa shape index (κ2) is 4.04. The van der Waals surface area contributed by atoms with Crippen molar-refractivity contribution in [3.8, 4) is 0 Å². The number of hydrogen-bond acceptors (Lipinski definition) is 4. The van der Waals surface area contributed by atoms with Crippen molar-refractivity contribution in [3.05, 3.63) is 0 Å². The van der Waals surface area contributed by atoms with Crippen LogP contribution in [0.25, 0.3) is 0 Å². The fourth-order valence-corrected chi connectivity index (χ4v) is 3.08. The maximum atomic E-state index is 12.6. The molecule has 0 aromatic carbocycles. The van der Waals surface area contributed by atoms with Gasteiger partial charge in [0.05, 0.1) is 17.1 Å². The van der Waals surface area contributed by atoms with Crippen molar-refractivity contribution < 1.29 is 17.9 Å². The highest BCUT2D eigenvalue weighted by molar-refractivity contribution is 7.92. The zero-order valence-electron chi connectivity index (χ0n) is 12.3. The monoisotopic (exact) mass is 276 g/mol. The highest BCUT2D eigenvalue weighted by Gasteiger charge is 2.54. The van der Waals surface area contributed by atoms with Crippen LogP contribution >= 0.6 is 0 Å². The first-order valence-electron chi connectivity index (χ1n) is 6.15. The molecule has 0 radical (unpaired) electrons. The maximum absolute atomic E-state index is 12.6. The van der Waals surface area contributed by atoms with Crippen molar-refractivity contribution in [1.29, 1.82) is 0 Å². The number of ether oxygens (including phenoxy) is 1. The van der Waals surface area contributed by atoms with Crippen molar-refractivity contribution in [2.75, 3.05) is 6.26 Å². The summed E-state index contributed by atoms with van der Waals surface area (Å²) < 4.78 is 28.0. The number of carbonyl (C=O) groups excluding carboxylic acids is 1. The lowest BCUT2D eigenvalue weighted by atomic mass is 9.80. The van der Waals surface area contributed by atoms with Gasteiger partial charge in [-0.1, -0.05) is 0 Å². The van der Waals surface area contributed by atoms with Crippen LogP contribution in [0.3, 0.4) is 0 Å². The summed E-state index contributed by atoms with van der Waals surface area (Å²) in [5.74, 6) is -0.641. The number of Topliss-reactive ketones (excluding diaryl/α,β-unsaturated/α-hetero) is 1. The Kier molecular flexibility index (Phi) is 3.51. The summed E-state index contributed by atoms with van der Waals surface area (Å²) in [7, 11) is -3.43. The van der Waals surface area contributed by atoms with Crippen molar-refractivity contribution in [2.24, 2.45) is 5.92 Å². The Morgan fingerprint density at radius 2 is 1.67 bits per heavy atom. The minimum Gasteiger partial charge on any atom is -0.369 e. The van der Waals surface area contributed by atoms with Crippen molar-refractivity contribution in [3.63, 3.8) is 0 Å². The fraction of sp³-hybridized carbons (Fsp3) is 0.923. The van der Waals surface area contributed by atoms with E-state index in [4.69, 9.17) is 4.74 Å². The van der Waals surface area contributed by atoms with E-state index in [1.54, 1.807) is 0 Å². The lowest BCUT2D eigenvalue weighted by molar-refractivity contribution is -0.131. The van der Waals surface area contributed by atoms with Crippen molar-refractivity contribution in [1.82, 2.24) is 0 Å². The molecule has 0 aliphatic carbocycles. The molecule has 1 saturated heterocycles. The molecule has 0 aromatic heterocycles. The zero-order valence-corrected chi connectivity index (χ0v) is 13.1. The van der Waals surface area contributed by atoms with Gasteiger partial charge in [0.1, 0.15) is 4.75 Å². The Labute approximate surface area is 110 Å². The number of rotatable bonds is 3. The predicted octanol–water partition coefficient (Wildman–Crippen LogP) is 1.97. The molecule has 0 saturated carbocycles. The van der Waals surface area contributed by atoms with Gasteiger partial charge >= 0.3 is 0 Å². The first-order valence-corrected chi connectivity index (χ1v) is 8.04. The Hall–Kier alpha value is -0.420. The Morgan fingerprint density at radius 3 is 1.94 bits per heavy atom. The lowest BCUT2D eigenvalue weighted by Gasteiger charge is -2.31. The summed E-state index contributed by atoms with van der Waals surface area (Å²) in [4.78, 5) is 12.6. The number of ketones is 1. The van der Waals surface area contributed by atoms with Crippen LogP contribution in [0.2, 0.25) is 0 Å². The van der Waals surface area contributed by atoms with Crippen LogP contribution in [0.5, 0.6) is 0 Å². The smallest absolute Gasteiger partial charge is 0.159 e. The molecule has 1 rings (SSSR count). The molecule has 1 heterocycles. The summed E-state index contributed by atoms with van der Waals surface area (Å²) >= 11 is 0. The largest absolute Gasteiger partial charge is 0.369 e. The van der Waals surface area contributed by atoms with E-state index in [0.29, 0.717) is 6.42 Å². The summed E-state index contributed by atoms with van der Waals surface area (Å²) in [5, 5.41) is 0.